The Morgan fingerprint density at radius 3 is 2.64 bits per heavy atom. The Bertz CT molecular complexity index is 1120. The van der Waals surface area contributed by atoms with E-state index < -0.39 is 34.4 Å². The van der Waals surface area contributed by atoms with Gasteiger partial charge < -0.3 is 10.6 Å². The third kappa shape index (κ3) is 5.31. The molecule has 1 aromatic carbocycles. The predicted molar refractivity (Wildman–Crippen MR) is 118 cm³/mol. The van der Waals surface area contributed by atoms with E-state index in [1.165, 1.54) is 6.33 Å². The van der Waals surface area contributed by atoms with Crippen LogP contribution in [0.3, 0.4) is 0 Å². The van der Waals surface area contributed by atoms with Crippen LogP contribution in [0.5, 0.6) is 0 Å². The third-order valence-corrected chi connectivity index (χ3v) is 5.97. The van der Waals surface area contributed by atoms with Gasteiger partial charge in [-0.05, 0) is 42.6 Å². The summed E-state index contributed by atoms with van der Waals surface area (Å²) in [6.07, 6.45) is 3.84. The second-order valence-electron chi connectivity index (χ2n) is 7.78. The van der Waals surface area contributed by atoms with Crippen molar-refractivity contribution in [3.05, 3.63) is 77.1 Å². The minimum atomic E-state index is -4.69. The standard InChI is InChI=1S/C23H21ClF3N5O/c24-19-17(23(25,26)27)7-9-31-21(19)22(33)32-20(18-6-1-2-8-30-18)15-5-3-4-14(10-15)16-11-28-13-29-12-16/h3-5,7,9-13,18,20,30H,1-2,6,8H2,(H,32,33)/t18-,20?/m0/s1. The predicted octanol–water partition coefficient (Wildman–Crippen LogP) is 4.82. The van der Waals surface area contributed by atoms with E-state index in [0.29, 0.717) is 0 Å². The number of nitrogens with zero attached hydrogens (tertiary/aromatic N) is 3. The highest BCUT2D eigenvalue weighted by molar-refractivity contribution is 6.34. The third-order valence-electron chi connectivity index (χ3n) is 5.59. The van der Waals surface area contributed by atoms with Crippen LogP contribution in [0.2, 0.25) is 5.02 Å². The van der Waals surface area contributed by atoms with Crippen LogP contribution in [-0.2, 0) is 6.18 Å². The van der Waals surface area contributed by atoms with Crippen LogP contribution >= 0.6 is 11.6 Å². The summed E-state index contributed by atoms with van der Waals surface area (Å²) < 4.78 is 39.8. The second-order valence-corrected chi connectivity index (χ2v) is 8.16. The Hall–Kier alpha value is -3.04. The first kappa shape index (κ1) is 23.1. The van der Waals surface area contributed by atoms with Gasteiger partial charge in [-0.3, -0.25) is 4.79 Å². The van der Waals surface area contributed by atoms with E-state index in [2.05, 4.69) is 25.6 Å². The molecule has 0 bridgehead atoms. The van der Waals surface area contributed by atoms with Gasteiger partial charge in [-0.2, -0.15) is 13.2 Å². The lowest BCUT2D eigenvalue weighted by atomic mass is 9.91. The highest BCUT2D eigenvalue weighted by Crippen LogP contribution is 2.36. The molecule has 10 heteroatoms. The summed E-state index contributed by atoms with van der Waals surface area (Å²) in [5.74, 6) is -0.767. The fraction of sp³-hybridized carbons (Fsp3) is 0.304. The molecule has 1 saturated heterocycles. The zero-order valence-electron chi connectivity index (χ0n) is 17.4. The van der Waals surface area contributed by atoms with E-state index in [9.17, 15) is 18.0 Å². The summed E-state index contributed by atoms with van der Waals surface area (Å²) in [4.78, 5) is 25.0. The molecule has 0 spiro atoms. The highest BCUT2D eigenvalue weighted by atomic mass is 35.5. The number of carbonyl (C=O) groups excluding carboxylic acids is 1. The molecular formula is C23H21ClF3N5O. The summed E-state index contributed by atoms with van der Waals surface area (Å²) in [6.45, 7) is 0.784. The van der Waals surface area contributed by atoms with Gasteiger partial charge in [-0.25, -0.2) is 15.0 Å². The van der Waals surface area contributed by atoms with Gasteiger partial charge >= 0.3 is 6.18 Å². The summed E-state index contributed by atoms with van der Waals surface area (Å²) >= 11 is 5.94. The minimum absolute atomic E-state index is 0.102. The van der Waals surface area contributed by atoms with Crippen molar-refractivity contribution < 1.29 is 18.0 Å². The lowest BCUT2D eigenvalue weighted by Gasteiger charge is -2.32. The normalized spacial score (nSPS) is 17.4. The number of rotatable bonds is 5. The van der Waals surface area contributed by atoms with Crippen molar-refractivity contribution in [2.75, 3.05) is 6.54 Å². The molecule has 6 nitrogen and oxygen atoms in total. The molecule has 0 saturated carbocycles. The molecule has 1 aliphatic heterocycles. The summed E-state index contributed by atoms with van der Waals surface area (Å²) in [6, 6.07) is 7.70. The fourth-order valence-corrected chi connectivity index (χ4v) is 4.27. The number of piperidine rings is 1. The van der Waals surface area contributed by atoms with Crippen molar-refractivity contribution in [2.45, 2.75) is 37.5 Å². The fourth-order valence-electron chi connectivity index (χ4n) is 3.97. The maximum atomic E-state index is 13.3. The Labute approximate surface area is 193 Å². The Morgan fingerprint density at radius 2 is 1.94 bits per heavy atom. The average Bonchev–Trinajstić information content (AvgIpc) is 2.83. The number of aromatic nitrogens is 3. The number of hydrogen-bond donors (Lipinski definition) is 2. The van der Waals surface area contributed by atoms with Crippen molar-refractivity contribution in [2.24, 2.45) is 0 Å². The van der Waals surface area contributed by atoms with Crippen LogP contribution in [-0.4, -0.2) is 33.4 Å². The summed E-state index contributed by atoms with van der Waals surface area (Å²) in [5.41, 5.74) is 0.914. The quantitative estimate of drug-likeness (QED) is 0.553. The molecule has 2 aromatic heterocycles. The van der Waals surface area contributed by atoms with E-state index in [-0.39, 0.29) is 6.04 Å². The first-order valence-electron chi connectivity index (χ1n) is 10.5. The van der Waals surface area contributed by atoms with Crippen molar-refractivity contribution in [3.8, 4) is 11.1 Å². The Morgan fingerprint density at radius 1 is 1.15 bits per heavy atom. The highest BCUT2D eigenvalue weighted by Gasteiger charge is 2.36. The first-order valence-corrected chi connectivity index (χ1v) is 10.8. The zero-order chi connectivity index (χ0) is 23.4. The van der Waals surface area contributed by atoms with E-state index in [0.717, 1.165) is 54.8 Å². The van der Waals surface area contributed by atoms with E-state index in [4.69, 9.17) is 11.6 Å². The molecule has 172 valence electrons. The van der Waals surface area contributed by atoms with Gasteiger partial charge in [0, 0.05) is 30.2 Å². The molecule has 2 N–H and O–H groups in total. The topological polar surface area (TPSA) is 79.8 Å². The number of halogens is 4. The number of amides is 1. The minimum Gasteiger partial charge on any atom is -0.342 e. The van der Waals surface area contributed by atoms with Crippen molar-refractivity contribution in [1.82, 2.24) is 25.6 Å². The molecule has 3 heterocycles. The van der Waals surface area contributed by atoms with Crippen LogP contribution in [0.25, 0.3) is 11.1 Å². The number of hydrogen-bond acceptors (Lipinski definition) is 5. The van der Waals surface area contributed by atoms with Crippen molar-refractivity contribution in [3.63, 3.8) is 0 Å². The molecule has 1 unspecified atom stereocenters. The number of pyridine rings is 1. The molecule has 0 radical (unpaired) electrons. The molecule has 2 atom stereocenters. The van der Waals surface area contributed by atoms with Crippen molar-refractivity contribution in [1.29, 1.82) is 0 Å². The van der Waals surface area contributed by atoms with Gasteiger partial charge in [0.2, 0.25) is 0 Å². The smallest absolute Gasteiger partial charge is 0.342 e. The van der Waals surface area contributed by atoms with Gasteiger partial charge in [0.15, 0.2) is 0 Å². The Balaban J connectivity index is 1.68. The maximum Gasteiger partial charge on any atom is 0.417 e. The molecule has 33 heavy (non-hydrogen) atoms. The van der Waals surface area contributed by atoms with Crippen LogP contribution < -0.4 is 10.6 Å². The number of carbonyl (C=O) groups is 1. The maximum absolute atomic E-state index is 13.3. The molecule has 1 amide bonds. The van der Waals surface area contributed by atoms with Gasteiger partial charge in [0.25, 0.3) is 5.91 Å². The average molecular weight is 476 g/mol. The molecule has 1 fully saturated rings. The largest absolute Gasteiger partial charge is 0.417 e. The summed E-state index contributed by atoms with van der Waals surface area (Å²) in [7, 11) is 0. The SMILES string of the molecule is O=C(NC(c1cccc(-c2cncnc2)c1)[C@@H]1CCCCN1)c1nccc(C(F)(F)F)c1Cl. The van der Waals surface area contributed by atoms with Crippen LogP contribution in [0.1, 0.15) is 46.9 Å². The van der Waals surface area contributed by atoms with E-state index in [1.54, 1.807) is 12.4 Å². The van der Waals surface area contributed by atoms with Crippen LogP contribution in [0.15, 0.2) is 55.2 Å². The van der Waals surface area contributed by atoms with E-state index in [1.807, 2.05) is 24.3 Å². The van der Waals surface area contributed by atoms with E-state index >= 15 is 0 Å². The molecule has 4 rings (SSSR count). The Kier molecular flexibility index (Phi) is 6.90. The molecule has 1 aliphatic rings. The number of alkyl halides is 3. The lowest BCUT2D eigenvalue weighted by Crippen LogP contribution is -2.46. The van der Waals surface area contributed by atoms with Crippen molar-refractivity contribution >= 4 is 17.5 Å². The van der Waals surface area contributed by atoms with Gasteiger partial charge in [-0.1, -0.05) is 36.2 Å². The second kappa shape index (κ2) is 9.84. The number of benzene rings is 1. The molecule has 3 aromatic rings. The van der Waals surface area contributed by atoms with Crippen LogP contribution in [0, 0.1) is 0 Å². The van der Waals surface area contributed by atoms with Gasteiger partial charge in [0.05, 0.1) is 16.6 Å². The van der Waals surface area contributed by atoms with Crippen LogP contribution in [0.4, 0.5) is 13.2 Å². The first-order chi connectivity index (χ1) is 15.8. The lowest BCUT2D eigenvalue weighted by molar-refractivity contribution is -0.137. The van der Waals surface area contributed by atoms with Gasteiger partial charge in [-0.15, -0.1) is 0 Å². The molecule has 0 aliphatic carbocycles. The molecular weight excluding hydrogens is 455 g/mol. The summed E-state index contributed by atoms with van der Waals surface area (Å²) in [5, 5.41) is 5.57. The van der Waals surface area contributed by atoms with Gasteiger partial charge in [0.1, 0.15) is 12.0 Å². The zero-order valence-corrected chi connectivity index (χ0v) is 18.2. The number of nitrogens with one attached hydrogen (secondary N) is 2. The monoisotopic (exact) mass is 475 g/mol.